The Labute approximate surface area is 215 Å². The van der Waals surface area contributed by atoms with Crippen LogP contribution in [0.1, 0.15) is 130 Å². The van der Waals surface area contributed by atoms with Gasteiger partial charge in [0.25, 0.3) is 0 Å². The summed E-state index contributed by atoms with van der Waals surface area (Å²) in [5.41, 5.74) is -0.553. The molecule has 0 saturated carbocycles. The van der Waals surface area contributed by atoms with Crippen molar-refractivity contribution in [2.24, 2.45) is 0 Å². The maximum Gasteiger partial charge on any atom is 2.00 e. The summed E-state index contributed by atoms with van der Waals surface area (Å²) in [6, 6.07) is 5.31. The Morgan fingerprint density at radius 1 is 0.667 bits per heavy atom. The van der Waals surface area contributed by atoms with E-state index in [4.69, 9.17) is 5.11 Å². The van der Waals surface area contributed by atoms with Crippen LogP contribution in [0.4, 0.5) is 0 Å². The fourth-order valence-corrected chi connectivity index (χ4v) is 3.49. The van der Waals surface area contributed by atoms with Crippen molar-refractivity contribution in [1.29, 1.82) is 0 Å². The molecule has 0 aliphatic carbocycles. The second-order valence-corrected chi connectivity index (χ2v) is 8.21. The molecule has 33 heavy (non-hydrogen) atoms. The number of carbonyl (C=O) groups is 3. The minimum absolute atomic E-state index is 0. The Bertz CT molecular complexity index is 614. The van der Waals surface area contributed by atoms with E-state index in [1.165, 1.54) is 108 Å². The molecule has 0 radical (unpaired) electrons. The molecule has 0 aliphatic rings. The van der Waals surface area contributed by atoms with Crippen LogP contribution in [0.3, 0.4) is 0 Å². The third kappa shape index (κ3) is 20.7. The van der Waals surface area contributed by atoms with Gasteiger partial charge in [-0.2, -0.15) is 0 Å². The van der Waals surface area contributed by atoms with Crippen LogP contribution in [0.2, 0.25) is 0 Å². The Hall–Kier alpha value is -1.60. The normalized spacial score (nSPS) is 9.97. The second kappa shape index (κ2) is 23.6. The van der Waals surface area contributed by atoms with E-state index in [1.807, 2.05) is 0 Å². The van der Waals surface area contributed by atoms with Crippen molar-refractivity contribution in [3.05, 3.63) is 35.4 Å². The third-order valence-corrected chi connectivity index (χ3v) is 5.36. The molecule has 1 rings (SSSR count). The Morgan fingerprint density at radius 3 is 1.33 bits per heavy atom. The molecular formula is C26H40MgO6. The van der Waals surface area contributed by atoms with Crippen LogP contribution in [0, 0.1) is 0 Å². The van der Waals surface area contributed by atoms with Gasteiger partial charge in [-0.3, -0.25) is 0 Å². The molecule has 182 valence electrons. The molecule has 1 N–H and O–H groups in total. The average Bonchev–Trinajstić information content (AvgIpc) is 2.76. The number of carbonyl (C=O) groups excluding carboxylic acids is 2. The van der Waals surface area contributed by atoms with E-state index in [1.54, 1.807) is 0 Å². The summed E-state index contributed by atoms with van der Waals surface area (Å²) < 4.78 is 0. The summed E-state index contributed by atoms with van der Waals surface area (Å²) in [4.78, 5) is 31.0. The fraction of sp³-hybridized carbons (Fsp3) is 0.654. The van der Waals surface area contributed by atoms with Gasteiger partial charge < -0.3 is 24.9 Å². The summed E-state index contributed by atoms with van der Waals surface area (Å²) in [5.74, 6) is -3.65. The van der Waals surface area contributed by atoms with Crippen molar-refractivity contribution in [1.82, 2.24) is 0 Å². The van der Waals surface area contributed by atoms with E-state index < -0.39 is 17.9 Å². The van der Waals surface area contributed by atoms with Gasteiger partial charge in [-0.1, -0.05) is 115 Å². The second-order valence-electron chi connectivity index (χ2n) is 8.21. The summed E-state index contributed by atoms with van der Waals surface area (Å²) >= 11 is 0. The van der Waals surface area contributed by atoms with Crippen molar-refractivity contribution < 1.29 is 29.7 Å². The molecule has 0 aromatic heterocycles. The molecule has 0 fully saturated rings. The minimum Gasteiger partial charge on any atom is -0.550 e. The topological polar surface area (TPSA) is 118 Å². The fourth-order valence-electron chi connectivity index (χ4n) is 3.49. The van der Waals surface area contributed by atoms with E-state index in [0.717, 1.165) is 12.8 Å². The summed E-state index contributed by atoms with van der Waals surface area (Å²) in [6.45, 7) is 2.27. The molecule has 0 amide bonds. The molecular weight excluding hydrogens is 433 g/mol. The van der Waals surface area contributed by atoms with E-state index in [0.29, 0.717) is 0 Å². The number of rotatable bonds is 18. The minimum atomic E-state index is -1.48. The van der Waals surface area contributed by atoms with Gasteiger partial charge in [0.05, 0.1) is 11.5 Å². The van der Waals surface area contributed by atoms with Gasteiger partial charge in [0.15, 0.2) is 0 Å². The maximum absolute atomic E-state index is 10.4. The van der Waals surface area contributed by atoms with Crippen molar-refractivity contribution in [2.45, 2.75) is 110 Å². The number of hydrogen-bond donors (Lipinski definition) is 1. The molecule has 6 nitrogen and oxygen atoms in total. The molecule has 7 heteroatoms. The quantitative estimate of drug-likeness (QED) is 0.250. The van der Waals surface area contributed by atoms with Gasteiger partial charge in [0.1, 0.15) is 0 Å². The first-order valence-corrected chi connectivity index (χ1v) is 12.1. The largest absolute Gasteiger partial charge is 2.00 e. The number of carboxylic acids is 3. The van der Waals surface area contributed by atoms with E-state index in [-0.39, 0.29) is 40.6 Å². The van der Waals surface area contributed by atoms with Crippen LogP contribution in [0.25, 0.3) is 0 Å². The molecule has 0 saturated heterocycles. The third-order valence-electron chi connectivity index (χ3n) is 5.36. The number of benzene rings is 1. The number of unbranched alkanes of at least 4 members (excludes halogenated alkanes) is 14. The van der Waals surface area contributed by atoms with Crippen molar-refractivity contribution >= 4 is 41.0 Å². The molecule has 1 aromatic rings. The van der Waals surface area contributed by atoms with Crippen LogP contribution in [-0.2, 0) is 4.79 Å². The first-order chi connectivity index (χ1) is 15.4. The standard InChI is InChI=1S/C18H36O2.C8H6O4.Mg/c1-2-3-4-5-6-7-8-9-10-11-12-13-14-15-16-17-18(19)20;9-7(10)5-3-1-2-4-6(5)8(11)12;/h2-17H2,1H3,(H,19,20);1-4H,(H,9,10)(H,11,12);/q;;+2/p-2. The first kappa shape index (κ1) is 33.6. The number of aliphatic carboxylic acids is 1. The Morgan fingerprint density at radius 2 is 1.03 bits per heavy atom. The molecule has 0 aliphatic heterocycles. The van der Waals surface area contributed by atoms with E-state index >= 15 is 0 Å². The zero-order valence-corrected chi connectivity index (χ0v) is 21.7. The smallest absolute Gasteiger partial charge is 0.550 e. The molecule has 1 aromatic carbocycles. The first-order valence-electron chi connectivity index (χ1n) is 12.1. The zero-order valence-electron chi connectivity index (χ0n) is 20.3. The SMILES string of the molecule is CCCCCCCCCCCCCCCCCC(=O)[O-].O=C([O-])c1ccccc1C(=O)O.[Mg+2]. The van der Waals surface area contributed by atoms with Crippen molar-refractivity contribution in [3.63, 3.8) is 0 Å². The van der Waals surface area contributed by atoms with Gasteiger partial charge in [-0.15, -0.1) is 0 Å². The summed E-state index contributed by atoms with van der Waals surface area (Å²) in [7, 11) is 0. The summed E-state index contributed by atoms with van der Waals surface area (Å²) in [6.07, 6.45) is 19.9. The zero-order chi connectivity index (χ0) is 24.0. The number of hydrogen-bond acceptors (Lipinski definition) is 5. The van der Waals surface area contributed by atoms with Gasteiger partial charge in [-0.25, -0.2) is 4.79 Å². The average molecular weight is 473 g/mol. The molecule has 0 bridgehead atoms. The maximum atomic E-state index is 10.4. The Kier molecular flexibility index (Phi) is 24.0. The van der Waals surface area contributed by atoms with Crippen LogP contribution < -0.4 is 10.2 Å². The van der Waals surface area contributed by atoms with E-state index in [9.17, 15) is 24.6 Å². The number of aromatic carboxylic acids is 2. The predicted molar refractivity (Wildman–Crippen MR) is 128 cm³/mol. The monoisotopic (exact) mass is 472 g/mol. The van der Waals surface area contributed by atoms with Crippen molar-refractivity contribution in [2.75, 3.05) is 0 Å². The molecule has 0 unspecified atom stereocenters. The van der Waals surface area contributed by atoms with Gasteiger partial charge in [-0.05, 0) is 18.9 Å². The van der Waals surface area contributed by atoms with Crippen LogP contribution in [-0.4, -0.2) is 46.1 Å². The van der Waals surface area contributed by atoms with E-state index in [2.05, 4.69) is 6.92 Å². The number of carboxylic acid groups (broad SMARTS) is 3. The van der Waals surface area contributed by atoms with Crippen molar-refractivity contribution in [3.8, 4) is 0 Å². The van der Waals surface area contributed by atoms with Gasteiger partial charge in [0.2, 0.25) is 0 Å². The predicted octanol–water partition coefficient (Wildman–Crippen LogP) is 4.37. The van der Waals surface area contributed by atoms with Gasteiger partial charge >= 0.3 is 29.0 Å². The molecule has 0 atom stereocenters. The van der Waals surface area contributed by atoms with Crippen LogP contribution in [0.5, 0.6) is 0 Å². The molecule has 0 spiro atoms. The molecule has 0 heterocycles. The summed E-state index contributed by atoms with van der Waals surface area (Å²) in [5, 5.41) is 29.1. The van der Waals surface area contributed by atoms with Crippen LogP contribution >= 0.6 is 0 Å². The van der Waals surface area contributed by atoms with Gasteiger partial charge in [0, 0.05) is 11.5 Å². The van der Waals surface area contributed by atoms with Crippen LogP contribution in [0.15, 0.2) is 24.3 Å². The Balaban J connectivity index is 0.